The third-order valence-corrected chi connectivity index (χ3v) is 9.91. The highest BCUT2D eigenvalue weighted by Gasteiger charge is 2.46. The van der Waals surface area contributed by atoms with Crippen LogP contribution in [-0.2, 0) is 38.7 Å². The molecule has 0 spiro atoms. The molecule has 4 N–H and O–H groups in total. The lowest BCUT2D eigenvalue weighted by Gasteiger charge is -2.40. The van der Waals surface area contributed by atoms with Crippen molar-refractivity contribution in [2.75, 3.05) is 19.0 Å². The third-order valence-electron chi connectivity index (χ3n) is 9.16. The average Bonchev–Trinajstić information content (AvgIpc) is 3.21. The second-order valence-corrected chi connectivity index (χ2v) is 16.1. The fourth-order valence-corrected chi connectivity index (χ4v) is 6.52. The summed E-state index contributed by atoms with van der Waals surface area (Å²) in [6, 6.07) is 0. The number of ether oxygens (including phenoxy) is 4. The first-order valence-corrected chi connectivity index (χ1v) is 23.4. The molecule has 0 saturated carbocycles. The smallest absolute Gasteiger partial charge is 0.306 e. The first kappa shape index (κ1) is 54.6. The van der Waals surface area contributed by atoms with Crippen molar-refractivity contribution in [3.05, 3.63) is 97.2 Å². The Labute approximate surface area is 360 Å². The molecule has 13 heteroatoms. The van der Waals surface area contributed by atoms with E-state index < -0.39 is 71.2 Å². The van der Waals surface area contributed by atoms with Gasteiger partial charge in [-0.05, 0) is 89.9 Å². The quantitative estimate of drug-likeness (QED) is 0.0209. The first-order chi connectivity index (χ1) is 29.0. The van der Waals surface area contributed by atoms with Crippen LogP contribution >= 0.6 is 0 Å². The fourth-order valence-electron chi connectivity index (χ4n) is 5.83. The summed E-state index contributed by atoms with van der Waals surface area (Å²) >= 11 is 0. The molecule has 0 aromatic carbocycles. The van der Waals surface area contributed by atoms with Gasteiger partial charge in [0.05, 0.1) is 6.61 Å². The van der Waals surface area contributed by atoms with Crippen molar-refractivity contribution < 1.29 is 56.8 Å². The van der Waals surface area contributed by atoms with Crippen molar-refractivity contribution in [2.24, 2.45) is 0 Å². The molecule has 1 fully saturated rings. The van der Waals surface area contributed by atoms with E-state index in [1.807, 2.05) is 0 Å². The molecular weight excluding hydrogens is 789 g/mol. The van der Waals surface area contributed by atoms with E-state index in [4.69, 9.17) is 18.9 Å². The second-order valence-electron chi connectivity index (χ2n) is 14.6. The van der Waals surface area contributed by atoms with Crippen LogP contribution in [0.15, 0.2) is 97.2 Å². The number of carbonyl (C=O) groups excluding carboxylic acids is 2. The first-order valence-electron chi connectivity index (χ1n) is 21.8. The molecule has 340 valence electrons. The maximum Gasteiger partial charge on any atom is 0.306 e. The predicted octanol–water partition coefficient (Wildman–Crippen LogP) is 8.66. The molecule has 1 rings (SSSR count). The number of allylic oxidation sites excluding steroid dienone is 16. The number of carbonyl (C=O) groups is 2. The van der Waals surface area contributed by atoms with Gasteiger partial charge in [-0.2, -0.15) is 8.42 Å². The molecular formula is C47H74O12S. The Hall–Kier alpha value is -3.43. The number of esters is 2. The van der Waals surface area contributed by atoms with Crippen LogP contribution < -0.4 is 0 Å². The van der Waals surface area contributed by atoms with E-state index in [-0.39, 0.29) is 19.4 Å². The van der Waals surface area contributed by atoms with Gasteiger partial charge in [-0.3, -0.25) is 14.1 Å². The zero-order valence-corrected chi connectivity index (χ0v) is 36.8. The van der Waals surface area contributed by atoms with Gasteiger partial charge in [0.15, 0.2) is 12.4 Å². The minimum atomic E-state index is -4.62. The molecule has 1 aliphatic rings. The molecule has 6 unspecified atom stereocenters. The minimum absolute atomic E-state index is 0.121. The lowest BCUT2D eigenvalue weighted by molar-refractivity contribution is -0.297. The third kappa shape index (κ3) is 30.6. The van der Waals surface area contributed by atoms with Crippen molar-refractivity contribution in [2.45, 2.75) is 166 Å². The molecule has 0 aromatic rings. The van der Waals surface area contributed by atoms with Gasteiger partial charge in [0.25, 0.3) is 10.1 Å². The Morgan fingerprint density at radius 2 is 1.00 bits per heavy atom. The van der Waals surface area contributed by atoms with Gasteiger partial charge in [0.1, 0.15) is 36.8 Å². The van der Waals surface area contributed by atoms with E-state index >= 15 is 0 Å². The Morgan fingerprint density at radius 3 is 1.50 bits per heavy atom. The van der Waals surface area contributed by atoms with Gasteiger partial charge in [-0.1, -0.05) is 124 Å². The van der Waals surface area contributed by atoms with Crippen LogP contribution in [0.3, 0.4) is 0 Å². The summed E-state index contributed by atoms with van der Waals surface area (Å²) in [6.07, 6.45) is 38.8. The summed E-state index contributed by atoms with van der Waals surface area (Å²) < 4.78 is 54.0. The molecule has 0 radical (unpaired) electrons. The van der Waals surface area contributed by atoms with Crippen LogP contribution in [0.2, 0.25) is 0 Å². The number of rotatable bonds is 34. The number of hydrogen-bond acceptors (Lipinski definition) is 11. The van der Waals surface area contributed by atoms with Gasteiger partial charge in [0, 0.05) is 12.8 Å². The number of unbranched alkanes of at least 4 members (excludes halogenated alkanes) is 6. The summed E-state index contributed by atoms with van der Waals surface area (Å²) in [5.74, 6) is -2.09. The summed E-state index contributed by atoms with van der Waals surface area (Å²) in [4.78, 5) is 25.4. The SMILES string of the molecule is CC/C=C\C/C=C\C/C=C\C/C=C\CCCCCCC(=O)OC(COC(=O)CCCC/C=C\C/C=C\C/C=C\C/C=C\CC)COC1OC(CS(=O)(=O)O)C(O)C(O)C1O. The zero-order valence-electron chi connectivity index (χ0n) is 36.0. The monoisotopic (exact) mass is 862 g/mol. The highest BCUT2D eigenvalue weighted by Crippen LogP contribution is 2.24. The molecule has 60 heavy (non-hydrogen) atoms. The van der Waals surface area contributed by atoms with Crippen molar-refractivity contribution in [1.29, 1.82) is 0 Å². The Morgan fingerprint density at radius 1 is 0.567 bits per heavy atom. The molecule has 12 nitrogen and oxygen atoms in total. The molecule has 6 atom stereocenters. The lowest BCUT2D eigenvalue weighted by Crippen LogP contribution is -2.60. The minimum Gasteiger partial charge on any atom is -0.462 e. The molecule has 1 saturated heterocycles. The standard InChI is InChI=1S/C47H74O12S/c1-3-5-7-9-11-13-15-17-19-20-22-24-26-28-30-32-34-36-43(49)58-40(38-57-47-46(52)45(51)44(50)41(59-47)39-60(53,54)55)37-56-42(48)35-33-31-29-27-25-23-21-18-16-14-12-10-8-6-4-2/h5-8,11-14,17-19,21-22,24-25,27,40-41,44-47,50-52H,3-4,9-10,15-16,20,23,26,28-39H2,1-2H3,(H,53,54,55)/b7-5-,8-6-,13-11-,14-12-,19-17-,21-18-,24-22-,27-25-. The number of aliphatic hydroxyl groups is 3. The summed E-state index contributed by atoms with van der Waals surface area (Å²) in [7, 11) is -4.62. The van der Waals surface area contributed by atoms with E-state index in [2.05, 4.69) is 111 Å². The zero-order chi connectivity index (χ0) is 44.1. The van der Waals surface area contributed by atoms with Crippen LogP contribution in [0.5, 0.6) is 0 Å². The van der Waals surface area contributed by atoms with E-state index in [1.165, 1.54) is 0 Å². The number of aliphatic hydroxyl groups excluding tert-OH is 3. The Balaban J connectivity index is 2.53. The van der Waals surface area contributed by atoms with E-state index in [9.17, 15) is 37.9 Å². The maximum atomic E-state index is 12.8. The van der Waals surface area contributed by atoms with E-state index in [1.54, 1.807) is 0 Å². The van der Waals surface area contributed by atoms with Gasteiger partial charge in [-0.25, -0.2) is 0 Å². The van der Waals surface area contributed by atoms with Gasteiger partial charge >= 0.3 is 11.9 Å². The Kier molecular flexibility index (Phi) is 33.0. The molecule has 0 aliphatic carbocycles. The van der Waals surface area contributed by atoms with Gasteiger partial charge in [-0.15, -0.1) is 0 Å². The second kappa shape index (κ2) is 36.2. The molecule has 0 aromatic heterocycles. The largest absolute Gasteiger partial charge is 0.462 e. The average molecular weight is 863 g/mol. The molecule has 0 bridgehead atoms. The highest BCUT2D eigenvalue weighted by molar-refractivity contribution is 7.85. The fraction of sp³-hybridized carbons (Fsp3) is 0.617. The van der Waals surface area contributed by atoms with Crippen LogP contribution in [0.25, 0.3) is 0 Å². The van der Waals surface area contributed by atoms with Crippen molar-refractivity contribution in [3.63, 3.8) is 0 Å². The molecule has 1 heterocycles. The molecule has 1 aliphatic heterocycles. The Bertz CT molecular complexity index is 1480. The van der Waals surface area contributed by atoms with Gasteiger partial charge < -0.3 is 34.3 Å². The summed E-state index contributed by atoms with van der Waals surface area (Å²) in [5.41, 5.74) is 0. The predicted molar refractivity (Wildman–Crippen MR) is 237 cm³/mol. The van der Waals surface area contributed by atoms with Crippen molar-refractivity contribution in [3.8, 4) is 0 Å². The van der Waals surface area contributed by atoms with E-state index in [0.717, 1.165) is 89.9 Å². The molecule has 0 amide bonds. The van der Waals surface area contributed by atoms with Crippen molar-refractivity contribution >= 4 is 22.1 Å². The van der Waals surface area contributed by atoms with Gasteiger partial charge in [0.2, 0.25) is 0 Å². The summed E-state index contributed by atoms with van der Waals surface area (Å²) in [6.45, 7) is 3.45. The summed E-state index contributed by atoms with van der Waals surface area (Å²) in [5, 5.41) is 30.9. The van der Waals surface area contributed by atoms with Crippen molar-refractivity contribution in [1.82, 2.24) is 0 Å². The van der Waals surface area contributed by atoms with Crippen LogP contribution in [0.4, 0.5) is 0 Å². The van der Waals surface area contributed by atoms with Crippen LogP contribution in [-0.4, -0.2) is 96.0 Å². The van der Waals surface area contributed by atoms with Crippen LogP contribution in [0, 0.1) is 0 Å². The topological polar surface area (TPSA) is 186 Å². The number of hydrogen-bond donors (Lipinski definition) is 4. The highest BCUT2D eigenvalue weighted by atomic mass is 32.2. The van der Waals surface area contributed by atoms with E-state index in [0.29, 0.717) is 12.8 Å². The van der Waals surface area contributed by atoms with Crippen LogP contribution in [0.1, 0.15) is 129 Å². The lowest BCUT2D eigenvalue weighted by atomic mass is 10.00. The maximum absolute atomic E-state index is 12.8. The normalized spacial score (nSPS) is 21.1.